The largest absolute Gasteiger partial charge is 0.497 e. The first-order valence-electron chi connectivity index (χ1n) is 10.8. The second-order valence-corrected chi connectivity index (χ2v) is 7.86. The molecule has 0 saturated carbocycles. The lowest BCUT2D eigenvalue weighted by Crippen LogP contribution is -2.14. The van der Waals surface area contributed by atoms with Gasteiger partial charge in [-0.1, -0.05) is 30.3 Å². The molecule has 3 heterocycles. The first-order chi connectivity index (χ1) is 17.0. The van der Waals surface area contributed by atoms with Crippen molar-refractivity contribution in [1.82, 2.24) is 29.9 Å². The molecular formula is C25H23N7O3. The fourth-order valence-corrected chi connectivity index (χ4v) is 3.98. The molecule has 0 fully saturated rings. The molecule has 1 amide bonds. The minimum Gasteiger partial charge on any atom is -0.497 e. The number of nitrogens with one attached hydrogen (secondary N) is 2. The van der Waals surface area contributed by atoms with Crippen molar-refractivity contribution in [2.75, 3.05) is 19.5 Å². The van der Waals surface area contributed by atoms with Crippen LogP contribution in [-0.4, -0.2) is 50.1 Å². The van der Waals surface area contributed by atoms with Crippen molar-refractivity contribution in [3.8, 4) is 34.1 Å². The lowest BCUT2D eigenvalue weighted by Gasteiger charge is -2.08. The number of ether oxygens (including phenoxy) is 2. The molecule has 10 nitrogen and oxygen atoms in total. The molecule has 35 heavy (non-hydrogen) atoms. The highest BCUT2D eigenvalue weighted by Crippen LogP contribution is 2.32. The van der Waals surface area contributed by atoms with E-state index in [1.165, 1.54) is 0 Å². The van der Waals surface area contributed by atoms with Crippen LogP contribution in [0.15, 0.2) is 54.6 Å². The lowest BCUT2D eigenvalue weighted by molar-refractivity contribution is 0.102. The van der Waals surface area contributed by atoms with E-state index in [-0.39, 0.29) is 11.9 Å². The van der Waals surface area contributed by atoms with Gasteiger partial charge in [-0.15, -0.1) is 5.10 Å². The zero-order valence-corrected chi connectivity index (χ0v) is 19.7. The van der Waals surface area contributed by atoms with Crippen molar-refractivity contribution < 1.29 is 14.3 Å². The number of aromatic nitrogens is 6. The molecule has 0 atom stereocenters. The van der Waals surface area contributed by atoms with E-state index in [0.717, 1.165) is 5.56 Å². The Morgan fingerprint density at radius 3 is 2.57 bits per heavy atom. The van der Waals surface area contributed by atoms with E-state index in [9.17, 15) is 4.79 Å². The molecule has 3 aromatic heterocycles. The highest BCUT2D eigenvalue weighted by atomic mass is 16.5. The predicted molar refractivity (Wildman–Crippen MR) is 132 cm³/mol. The summed E-state index contributed by atoms with van der Waals surface area (Å²) >= 11 is 0. The molecule has 0 aliphatic carbocycles. The Morgan fingerprint density at radius 2 is 1.83 bits per heavy atom. The normalized spacial score (nSPS) is 11.0. The van der Waals surface area contributed by atoms with E-state index in [2.05, 4.69) is 25.6 Å². The van der Waals surface area contributed by atoms with Gasteiger partial charge in [-0.25, -0.2) is 4.98 Å². The topological polar surface area (TPSA) is 120 Å². The molecule has 2 aromatic carbocycles. The van der Waals surface area contributed by atoms with Gasteiger partial charge in [-0.05, 0) is 25.1 Å². The average molecular weight is 470 g/mol. The van der Waals surface area contributed by atoms with Gasteiger partial charge in [0.15, 0.2) is 11.5 Å². The number of H-pyrrole nitrogens is 1. The highest BCUT2D eigenvalue weighted by Gasteiger charge is 2.21. The predicted octanol–water partition coefficient (Wildman–Crippen LogP) is 4.00. The van der Waals surface area contributed by atoms with E-state index in [1.807, 2.05) is 44.3 Å². The van der Waals surface area contributed by atoms with Crippen LogP contribution in [-0.2, 0) is 7.05 Å². The highest BCUT2D eigenvalue weighted by molar-refractivity contribution is 6.12. The van der Waals surface area contributed by atoms with Crippen LogP contribution >= 0.6 is 0 Å². The molecule has 0 unspecified atom stereocenters. The lowest BCUT2D eigenvalue weighted by atomic mass is 10.1. The zero-order chi connectivity index (χ0) is 24.5. The van der Waals surface area contributed by atoms with Crippen LogP contribution in [0.3, 0.4) is 0 Å². The molecule has 2 N–H and O–H groups in total. The summed E-state index contributed by atoms with van der Waals surface area (Å²) in [5, 5.41) is 15.0. The standard InChI is InChI=1S/C25H23N7O3/c1-14-21-18(13-19(15-8-6-5-7-9-15)26-23(21)32(2)31-14)24(33)28-25-27-22(29-30-25)17-11-10-16(34-3)12-20(17)35-4/h5-13H,1-4H3,(H2,27,28,29,30,33). The number of amides is 1. The third-order valence-corrected chi connectivity index (χ3v) is 5.66. The van der Waals surface area contributed by atoms with Crippen molar-refractivity contribution in [1.29, 1.82) is 0 Å². The maximum absolute atomic E-state index is 13.4. The van der Waals surface area contributed by atoms with E-state index in [0.29, 0.717) is 50.9 Å². The summed E-state index contributed by atoms with van der Waals surface area (Å²) in [6, 6.07) is 16.8. The molecule has 0 radical (unpaired) electrons. The summed E-state index contributed by atoms with van der Waals surface area (Å²) in [5.41, 5.74) is 4.01. The zero-order valence-electron chi connectivity index (χ0n) is 19.7. The quantitative estimate of drug-likeness (QED) is 0.386. The minimum atomic E-state index is -0.363. The number of benzene rings is 2. The molecule has 0 bridgehead atoms. The number of fused-ring (bicyclic) bond motifs is 1. The van der Waals surface area contributed by atoms with Gasteiger partial charge >= 0.3 is 0 Å². The van der Waals surface area contributed by atoms with Crippen molar-refractivity contribution in [3.05, 3.63) is 65.9 Å². The molecule has 5 aromatic rings. The number of methoxy groups -OCH3 is 2. The van der Waals surface area contributed by atoms with Crippen molar-refractivity contribution in [3.63, 3.8) is 0 Å². The maximum atomic E-state index is 13.4. The number of hydrogen-bond donors (Lipinski definition) is 2. The minimum absolute atomic E-state index is 0.135. The molecule has 0 saturated heterocycles. The van der Waals surface area contributed by atoms with Gasteiger partial charge in [-0.2, -0.15) is 10.1 Å². The average Bonchev–Trinajstić information content (AvgIpc) is 3.47. The number of carbonyl (C=O) groups is 1. The van der Waals surface area contributed by atoms with Gasteiger partial charge < -0.3 is 9.47 Å². The van der Waals surface area contributed by atoms with Gasteiger partial charge in [0, 0.05) is 18.7 Å². The Labute approximate surface area is 200 Å². The summed E-state index contributed by atoms with van der Waals surface area (Å²) in [7, 11) is 4.95. The van der Waals surface area contributed by atoms with E-state index >= 15 is 0 Å². The molecule has 0 aliphatic heterocycles. The number of pyridine rings is 1. The molecule has 10 heteroatoms. The van der Waals surface area contributed by atoms with E-state index in [4.69, 9.17) is 14.5 Å². The van der Waals surface area contributed by atoms with Gasteiger partial charge in [0.2, 0.25) is 5.95 Å². The van der Waals surface area contributed by atoms with Crippen LogP contribution in [0.2, 0.25) is 0 Å². The number of anilines is 1. The van der Waals surface area contributed by atoms with Gasteiger partial charge in [-0.3, -0.25) is 19.9 Å². The third kappa shape index (κ3) is 4.05. The summed E-state index contributed by atoms with van der Waals surface area (Å²) in [5.74, 6) is 1.44. The fraction of sp³-hybridized carbons (Fsp3) is 0.160. The van der Waals surface area contributed by atoms with Crippen LogP contribution in [0.25, 0.3) is 33.7 Å². The van der Waals surface area contributed by atoms with Gasteiger partial charge in [0.05, 0.1) is 42.1 Å². The molecule has 0 spiro atoms. The summed E-state index contributed by atoms with van der Waals surface area (Å²) < 4.78 is 12.4. The first kappa shape index (κ1) is 22.1. The number of rotatable bonds is 6. The smallest absolute Gasteiger partial charge is 0.258 e. The summed E-state index contributed by atoms with van der Waals surface area (Å²) in [6.45, 7) is 1.85. The molecule has 176 valence electrons. The number of carbonyl (C=O) groups excluding carboxylic acids is 1. The van der Waals surface area contributed by atoms with E-state index < -0.39 is 0 Å². The Balaban J connectivity index is 1.51. The second kappa shape index (κ2) is 8.90. The third-order valence-electron chi connectivity index (χ3n) is 5.66. The fourth-order valence-electron chi connectivity index (χ4n) is 3.98. The Kier molecular flexibility index (Phi) is 5.61. The molecule has 0 aliphatic rings. The maximum Gasteiger partial charge on any atom is 0.258 e. The first-order valence-corrected chi connectivity index (χ1v) is 10.8. The Bertz CT molecular complexity index is 1540. The Morgan fingerprint density at radius 1 is 1.03 bits per heavy atom. The van der Waals surface area contributed by atoms with Crippen LogP contribution in [0.1, 0.15) is 16.1 Å². The van der Waals surface area contributed by atoms with Crippen molar-refractivity contribution in [2.45, 2.75) is 6.92 Å². The van der Waals surface area contributed by atoms with Gasteiger partial charge in [0.1, 0.15) is 11.5 Å². The number of nitrogens with zero attached hydrogens (tertiary/aromatic N) is 5. The van der Waals surface area contributed by atoms with E-state index in [1.54, 1.807) is 43.2 Å². The number of hydrogen-bond acceptors (Lipinski definition) is 7. The monoisotopic (exact) mass is 469 g/mol. The number of aromatic amines is 1. The second-order valence-electron chi connectivity index (χ2n) is 7.86. The van der Waals surface area contributed by atoms with Crippen LogP contribution in [0.5, 0.6) is 11.5 Å². The molecular weight excluding hydrogens is 446 g/mol. The van der Waals surface area contributed by atoms with Crippen molar-refractivity contribution >= 4 is 22.9 Å². The SMILES string of the molecule is COc1ccc(-c2nc(NC(=O)c3cc(-c4ccccc4)nc4c3c(C)nn4C)n[nH]2)c(OC)c1. The van der Waals surface area contributed by atoms with Crippen LogP contribution in [0, 0.1) is 6.92 Å². The van der Waals surface area contributed by atoms with Gasteiger partial charge in [0.25, 0.3) is 5.91 Å². The summed E-state index contributed by atoms with van der Waals surface area (Å²) in [4.78, 5) is 22.6. The van der Waals surface area contributed by atoms with Crippen LogP contribution in [0.4, 0.5) is 5.95 Å². The van der Waals surface area contributed by atoms with Crippen molar-refractivity contribution in [2.24, 2.45) is 7.05 Å². The van der Waals surface area contributed by atoms with Crippen LogP contribution < -0.4 is 14.8 Å². The number of aryl methyl sites for hydroxylation is 2. The summed E-state index contributed by atoms with van der Waals surface area (Å²) in [6.07, 6.45) is 0. The molecule has 5 rings (SSSR count). The Hall–Kier alpha value is -4.73.